The van der Waals surface area contributed by atoms with Crippen molar-refractivity contribution in [2.24, 2.45) is 0 Å². The molecule has 1 amide bonds. The Morgan fingerprint density at radius 2 is 1.85 bits per heavy atom. The summed E-state index contributed by atoms with van der Waals surface area (Å²) in [6.07, 6.45) is 1.64. The Kier molecular flexibility index (Phi) is 4.38. The number of morpholine rings is 1. The van der Waals surface area contributed by atoms with Gasteiger partial charge in [0.1, 0.15) is 12.0 Å². The van der Waals surface area contributed by atoms with Gasteiger partial charge in [0.25, 0.3) is 0 Å². The number of hydrogen-bond donors (Lipinski definition) is 1. The molecular weight excluding hydrogens is 328 g/mol. The van der Waals surface area contributed by atoms with Gasteiger partial charge < -0.3 is 9.64 Å². The normalized spacial score (nSPS) is 22.7. The fourth-order valence-electron chi connectivity index (χ4n) is 3.51. The van der Waals surface area contributed by atoms with Gasteiger partial charge in [0.2, 0.25) is 5.91 Å². The third kappa shape index (κ3) is 3.06. The highest BCUT2D eigenvalue weighted by atomic mass is 16.5. The molecule has 2 aliphatic heterocycles. The lowest BCUT2D eigenvalue weighted by Gasteiger charge is -2.28. The Labute approximate surface area is 153 Å². The van der Waals surface area contributed by atoms with Crippen LogP contribution in [0, 0.1) is 0 Å². The van der Waals surface area contributed by atoms with E-state index in [0.29, 0.717) is 0 Å². The lowest BCUT2D eigenvalue weighted by Crippen LogP contribution is -2.40. The molecule has 0 radical (unpaired) electrons. The zero-order valence-corrected chi connectivity index (χ0v) is 15.2. The summed E-state index contributed by atoms with van der Waals surface area (Å²) >= 11 is 0. The minimum atomic E-state index is -0.622. The molecule has 0 bridgehead atoms. The SMILES string of the molecule is CC1(C)NC(c2ccc(N3CCOCC3)nc2)N(c2ccccc2)C1=O. The van der Waals surface area contributed by atoms with Gasteiger partial charge in [-0.05, 0) is 32.0 Å². The number of hydrogen-bond acceptors (Lipinski definition) is 5. The van der Waals surface area contributed by atoms with Gasteiger partial charge in [0.15, 0.2) is 0 Å². The van der Waals surface area contributed by atoms with Crippen molar-refractivity contribution < 1.29 is 9.53 Å². The van der Waals surface area contributed by atoms with E-state index in [1.54, 1.807) is 0 Å². The predicted molar refractivity (Wildman–Crippen MR) is 101 cm³/mol. The van der Waals surface area contributed by atoms with Gasteiger partial charge in [-0.3, -0.25) is 15.0 Å². The number of nitrogens with zero attached hydrogens (tertiary/aromatic N) is 3. The fourth-order valence-corrected chi connectivity index (χ4v) is 3.51. The zero-order chi connectivity index (χ0) is 18.1. The molecule has 136 valence electrons. The first kappa shape index (κ1) is 17.0. The van der Waals surface area contributed by atoms with E-state index in [2.05, 4.69) is 21.3 Å². The van der Waals surface area contributed by atoms with E-state index in [-0.39, 0.29) is 12.1 Å². The minimum Gasteiger partial charge on any atom is -0.378 e. The molecular formula is C20H24N4O2. The van der Waals surface area contributed by atoms with Crippen molar-refractivity contribution in [1.29, 1.82) is 0 Å². The molecule has 0 aliphatic carbocycles. The second-order valence-corrected chi connectivity index (χ2v) is 7.23. The van der Waals surface area contributed by atoms with Crippen LogP contribution in [0.5, 0.6) is 0 Å². The van der Waals surface area contributed by atoms with E-state index in [1.165, 1.54) is 0 Å². The van der Waals surface area contributed by atoms with Crippen molar-refractivity contribution >= 4 is 17.4 Å². The maximum atomic E-state index is 12.9. The van der Waals surface area contributed by atoms with Gasteiger partial charge in [-0.25, -0.2) is 4.98 Å². The first-order valence-electron chi connectivity index (χ1n) is 9.01. The third-order valence-electron chi connectivity index (χ3n) is 4.97. The lowest BCUT2D eigenvalue weighted by atomic mass is 10.1. The zero-order valence-electron chi connectivity index (χ0n) is 15.2. The number of benzene rings is 1. The molecule has 3 heterocycles. The molecule has 1 aromatic heterocycles. The molecule has 1 unspecified atom stereocenters. The van der Waals surface area contributed by atoms with Crippen molar-refractivity contribution in [2.75, 3.05) is 36.1 Å². The van der Waals surface area contributed by atoms with Crippen LogP contribution in [0.15, 0.2) is 48.7 Å². The van der Waals surface area contributed by atoms with Crippen molar-refractivity contribution in [3.63, 3.8) is 0 Å². The van der Waals surface area contributed by atoms with Crippen molar-refractivity contribution in [3.8, 4) is 0 Å². The molecule has 4 rings (SSSR count). The number of rotatable bonds is 3. The van der Waals surface area contributed by atoms with E-state index >= 15 is 0 Å². The molecule has 2 aliphatic rings. The van der Waals surface area contributed by atoms with Crippen LogP contribution >= 0.6 is 0 Å². The topological polar surface area (TPSA) is 57.7 Å². The summed E-state index contributed by atoms with van der Waals surface area (Å²) < 4.78 is 5.40. The monoisotopic (exact) mass is 352 g/mol. The largest absolute Gasteiger partial charge is 0.378 e. The second-order valence-electron chi connectivity index (χ2n) is 7.23. The Morgan fingerprint density at radius 1 is 1.12 bits per heavy atom. The molecule has 2 saturated heterocycles. The van der Waals surface area contributed by atoms with Gasteiger partial charge in [-0.1, -0.05) is 24.3 Å². The Morgan fingerprint density at radius 3 is 2.50 bits per heavy atom. The maximum Gasteiger partial charge on any atom is 0.248 e. The first-order valence-corrected chi connectivity index (χ1v) is 9.01. The number of pyridine rings is 1. The van der Waals surface area contributed by atoms with Crippen LogP contribution in [0.4, 0.5) is 11.5 Å². The summed E-state index contributed by atoms with van der Waals surface area (Å²) in [5, 5.41) is 3.45. The minimum absolute atomic E-state index is 0.0611. The molecule has 1 aromatic carbocycles. The standard InChI is InChI=1S/C20H24N4O2/c1-20(2)19(25)24(16-6-4-3-5-7-16)18(22-20)15-8-9-17(21-14-15)23-10-12-26-13-11-23/h3-9,14,18,22H,10-13H2,1-2H3. The summed E-state index contributed by atoms with van der Waals surface area (Å²) in [6, 6.07) is 13.9. The molecule has 6 nitrogen and oxygen atoms in total. The molecule has 2 fully saturated rings. The number of nitrogens with one attached hydrogen (secondary N) is 1. The number of aromatic nitrogens is 1. The van der Waals surface area contributed by atoms with Crippen molar-refractivity contribution in [1.82, 2.24) is 10.3 Å². The van der Waals surface area contributed by atoms with Gasteiger partial charge >= 0.3 is 0 Å². The van der Waals surface area contributed by atoms with Gasteiger partial charge in [0, 0.05) is 30.5 Å². The summed E-state index contributed by atoms with van der Waals surface area (Å²) in [5.74, 6) is 1.01. The highest BCUT2D eigenvalue weighted by Crippen LogP contribution is 2.35. The van der Waals surface area contributed by atoms with Crippen LogP contribution in [-0.4, -0.2) is 42.7 Å². The van der Waals surface area contributed by atoms with Crippen LogP contribution in [0.1, 0.15) is 25.6 Å². The third-order valence-corrected chi connectivity index (χ3v) is 4.97. The summed E-state index contributed by atoms with van der Waals surface area (Å²) in [7, 11) is 0. The summed E-state index contributed by atoms with van der Waals surface area (Å²) in [4.78, 5) is 21.6. The Hall–Kier alpha value is -2.44. The van der Waals surface area contributed by atoms with E-state index in [9.17, 15) is 4.79 Å². The average Bonchev–Trinajstić information content (AvgIpc) is 2.93. The molecule has 26 heavy (non-hydrogen) atoms. The summed E-state index contributed by atoms with van der Waals surface area (Å²) in [6.45, 7) is 7.02. The number of amides is 1. The smallest absolute Gasteiger partial charge is 0.248 e. The summed E-state index contributed by atoms with van der Waals surface area (Å²) in [5.41, 5.74) is 1.24. The predicted octanol–water partition coefficient (Wildman–Crippen LogP) is 2.33. The van der Waals surface area contributed by atoms with Crippen LogP contribution < -0.4 is 15.1 Å². The number of carbonyl (C=O) groups excluding carboxylic acids is 1. The van der Waals surface area contributed by atoms with Crippen LogP contribution in [0.2, 0.25) is 0 Å². The Bertz CT molecular complexity index is 770. The van der Waals surface area contributed by atoms with Gasteiger partial charge in [-0.15, -0.1) is 0 Å². The maximum absolute atomic E-state index is 12.9. The van der Waals surface area contributed by atoms with Crippen LogP contribution in [0.3, 0.4) is 0 Å². The molecule has 6 heteroatoms. The average molecular weight is 352 g/mol. The fraction of sp³-hybridized carbons (Fsp3) is 0.400. The van der Waals surface area contributed by atoms with Crippen LogP contribution in [-0.2, 0) is 9.53 Å². The molecule has 0 saturated carbocycles. The van der Waals surface area contributed by atoms with Gasteiger partial charge in [0.05, 0.1) is 18.8 Å². The lowest BCUT2D eigenvalue weighted by molar-refractivity contribution is -0.121. The van der Waals surface area contributed by atoms with E-state index in [4.69, 9.17) is 4.74 Å². The van der Waals surface area contributed by atoms with Gasteiger partial charge in [-0.2, -0.15) is 0 Å². The second kappa shape index (κ2) is 6.70. The highest BCUT2D eigenvalue weighted by Gasteiger charge is 2.46. The quantitative estimate of drug-likeness (QED) is 0.919. The van der Waals surface area contributed by atoms with E-state index < -0.39 is 5.54 Å². The highest BCUT2D eigenvalue weighted by molar-refractivity contribution is 6.02. The van der Waals surface area contributed by atoms with Crippen molar-refractivity contribution in [3.05, 3.63) is 54.2 Å². The van der Waals surface area contributed by atoms with Crippen LogP contribution in [0.25, 0.3) is 0 Å². The van der Waals surface area contributed by atoms with E-state index in [0.717, 1.165) is 43.4 Å². The molecule has 0 spiro atoms. The van der Waals surface area contributed by atoms with E-state index in [1.807, 2.05) is 61.3 Å². The number of para-hydroxylation sites is 1. The molecule has 1 N–H and O–H groups in total. The first-order chi connectivity index (χ1) is 12.6. The molecule has 2 aromatic rings. The number of ether oxygens (including phenoxy) is 1. The number of anilines is 2. The number of carbonyl (C=O) groups is 1. The molecule has 1 atom stereocenters. The Balaban J connectivity index is 1.63. The van der Waals surface area contributed by atoms with Crippen molar-refractivity contribution in [2.45, 2.75) is 25.6 Å².